The third-order valence-corrected chi connectivity index (χ3v) is 5.57. The summed E-state index contributed by atoms with van der Waals surface area (Å²) in [7, 11) is 0. The van der Waals surface area contributed by atoms with Crippen molar-refractivity contribution >= 4 is 40.8 Å². The molecule has 0 radical (unpaired) electrons. The number of halogens is 4. The standard InChI is InChI=1S/C21H18ClF3N4O3/c22-10-3-11(23)5-12(4-10)26-21(32)27-13-8-29(9-13)14-6-16(24)19(17(25)7-14)15-1-2-18(30)28-20(15)31/h3-7,13,15H,1-2,8-9H2,(H2,26,27,32)(H,28,30,31)/t15-/m1/s1. The number of nitrogens with zero attached hydrogens (tertiary/aromatic N) is 1. The number of carbonyl (C=O) groups excluding carboxylic acids is 3. The average molecular weight is 467 g/mol. The fraction of sp³-hybridized carbons (Fsp3) is 0.286. The smallest absolute Gasteiger partial charge is 0.319 e. The van der Waals surface area contributed by atoms with E-state index < -0.39 is 41.2 Å². The van der Waals surface area contributed by atoms with E-state index in [4.69, 9.17) is 11.6 Å². The van der Waals surface area contributed by atoms with Crippen molar-refractivity contribution in [3.8, 4) is 0 Å². The van der Waals surface area contributed by atoms with E-state index in [1.54, 1.807) is 4.90 Å². The molecule has 2 aliphatic rings. The molecule has 4 amide bonds. The highest BCUT2D eigenvalue weighted by atomic mass is 35.5. The number of hydrogen-bond acceptors (Lipinski definition) is 4. The fourth-order valence-electron chi connectivity index (χ4n) is 3.81. The molecule has 11 heteroatoms. The molecule has 4 rings (SSSR count). The van der Waals surface area contributed by atoms with Gasteiger partial charge in [-0.15, -0.1) is 0 Å². The molecular weight excluding hydrogens is 449 g/mol. The molecule has 0 aliphatic carbocycles. The van der Waals surface area contributed by atoms with Crippen LogP contribution in [0.4, 0.5) is 29.3 Å². The van der Waals surface area contributed by atoms with Crippen LogP contribution in [-0.2, 0) is 9.59 Å². The first-order chi connectivity index (χ1) is 15.2. The Morgan fingerprint density at radius 2 is 1.75 bits per heavy atom. The number of hydrogen-bond donors (Lipinski definition) is 3. The monoisotopic (exact) mass is 466 g/mol. The molecule has 32 heavy (non-hydrogen) atoms. The number of amides is 4. The Morgan fingerprint density at radius 3 is 2.38 bits per heavy atom. The van der Waals surface area contributed by atoms with E-state index in [0.29, 0.717) is 13.1 Å². The molecule has 2 fully saturated rings. The van der Waals surface area contributed by atoms with Gasteiger partial charge in [-0.3, -0.25) is 14.9 Å². The molecule has 2 aromatic carbocycles. The SMILES string of the molecule is O=C1CC[C@H](c2c(F)cc(N3CC(NC(=O)Nc4cc(F)cc(Cl)c4)C3)cc2F)C(=O)N1. The summed E-state index contributed by atoms with van der Waals surface area (Å²) >= 11 is 5.75. The largest absolute Gasteiger partial charge is 0.367 e. The molecule has 0 unspecified atom stereocenters. The Bertz CT molecular complexity index is 1060. The van der Waals surface area contributed by atoms with Crippen molar-refractivity contribution in [3.05, 3.63) is 58.4 Å². The molecule has 0 saturated carbocycles. The lowest BCUT2D eigenvalue weighted by Crippen LogP contribution is -2.60. The second kappa shape index (κ2) is 8.70. The van der Waals surface area contributed by atoms with Gasteiger partial charge in [-0.05, 0) is 36.8 Å². The van der Waals surface area contributed by atoms with Gasteiger partial charge in [0.1, 0.15) is 17.5 Å². The van der Waals surface area contributed by atoms with Crippen molar-refractivity contribution in [2.24, 2.45) is 0 Å². The molecule has 3 N–H and O–H groups in total. The van der Waals surface area contributed by atoms with Crippen LogP contribution in [0.5, 0.6) is 0 Å². The number of imide groups is 1. The van der Waals surface area contributed by atoms with Gasteiger partial charge in [-0.1, -0.05) is 11.6 Å². The Morgan fingerprint density at radius 1 is 1.06 bits per heavy atom. The molecule has 2 heterocycles. The van der Waals surface area contributed by atoms with Gasteiger partial charge in [0.05, 0.1) is 12.0 Å². The first-order valence-electron chi connectivity index (χ1n) is 9.81. The van der Waals surface area contributed by atoms with E-state index in [2.05, 4.69) is 16.0 Å². The van der Waals surface area contributed by atoms with Crippen LogP contribution in [0.25, 0.3) is 0 Å². The molecule has 1 atom stereocenters. The fourth-order valence-corrected chi connectivity index (χ4v) is 4.04. The van der Waals surface area contributed by atoms with Gasteiger partial charge < -0.3 is 15.5 Å². The van der Waals surface area contributed by atoms with Crippen LogP contribution < -0.4 is 20.9 Å². The Balaban J connectivity index is 1.36. The first kappa shape index (κ1) is 21.9. The van der Waals surface area contributed by atoms with Gasteiger partial charge in [0, 0.05) is 41.5 Å². The summed E-state index contributed by atoms with van der Waals surface area (Å²) in [5.41, 5.74) is 0.102. The highest BCUT2D eigenvalue weighted by Gasteiger charge is 2.34. The number of anilines is 2. The number of nitrogens with one attached hydrogen (secondary N) is 3. The van der Waals surface area contributed by atoms with Crippen molar-refractivity contribution in [3.63, 3.8) is 0 Å². The number of benzene rings is 2. The zero-order valence-electron chi connectivity index (χ0n) is 16.6. The summed E-state index contributed by atoms with van der Waals surface area (Å²) in [6.45, 7) is 0.599. The summed E-state index contributed by atoms with van der Waals surface area (Å²) in [6.07, 6.45) is 0.0552. The molecular formula is C21H18ClF3N4O3. The van der Waals surface area contributed by atoms with Crippen molar-refractivity contribution in [1.82, 2.24) is 10.6 Å². The minimum Gasteiger partial charge on any atom is -0.367 e. The van der Waals surface area contributed by atoms with Gasteiger partial charge in [0.25, 0.3) is 0 Å². The van der Waals surface area contributed by atoms with Crippen molar-refractivity contribution < 1.29 is 27.6 Å². The Labute approximate surface area is 185 Å². The second-order valence-electron chi connectivity index (χ2n) is 7.69. The molecule has 2 aliphatic heterocycles. The molecule has 0 aromatic heterocycles. The van der Waals surface area contributed by atoms with Gasteiger partial charge in [-0.2, -0.15) is 0 Å². The van der Waals surface area contributed by atoms with Crippen molar-refractivity contribution in [2.75, 3.05) is 23.3 Å². The summed E-state index contributed by atoms with van der Waals surface area (Å²) in [5, 5.41) is 7.38. The number of carbonyl (C=O) groups is 3. The van der Waals surface area contributed by atoms with Crippen LogP contribution in [0.15, 0.2) is 30.3 Å². The summed E-state index contributed by atoms with van der Waals surface area (Å²) in [5.74, 6) is -4.57. The van der Waals surface area contributed by atoms with E-state index in [1.807, 2.05) is 0 Å². The van der Waals surface area contributed by atoms with Crippen LogP contribution in [-0.4, -0.2) is 37.0 Å². The van der Waals surface area contributed by atoms with E-state index >= 15 is 0 Å². The lowest BCUT2D eigenvalue weighted by Gasteiger charge is -2.41. The van der Waals surface area contributed by atoms with Crippen LogP contribution in [0.3, 0.4) is 0 Å². The number of urea groups is 1. The van der Waals surface area contributed by atoms with E-state index in [0.717, 1.165) is 24.3 Å². The van der Waals surface area contributed by atoms with Crippen LogP contribution >= 0.6 is 11.6 Å². The first-order valence-corrected chi connectivity index (χ1v) is 10.2. The molecule has 0 spiro atoms. The van der Waals surface area contributed by atoms with Gasteiger partial charge in [0.2, 0.25) is 11.8 Å². The maximum atomic E-state index is 14.6. The van der Waals surface area contributed by atoms with Crippen molar-refractivity contribution in [1.29, 1.82) is 0 Å². The molecule has 168 valence electrons. The van der Waals surface area contributed by atoms with Gasteiger partial charge in [-0.25, -0.2) is 18.0 Å². The van der Waals surface area contributed by atoms with Crippen molar-refractivity contribution in [2.45, 2.75) is 24.8 Å². The zero-order valence-corrected chi connectivity index (χ0v) is 17.3. The highest BCUT2D eigenvalue weighted by molar-refractivity contribution is 6.30. The maximum absolute atomic E-state index is 14.6. The molecule has 2 aromatic rings. The molecule has 0 bridgehead atoms. The van der Waals surface area contributed by atoms with E-state index in [1.165, 1.54) is 6.07 Å². The summed E-state index contributed by atoms with van der Waals surface area (Å²) in [4.78, 5) is 37.0. The lowest BCUT2D eigenvalue weighted by atomic mass is 9.89. The quantitative estimate of drug-likeness (QED) is 0.603. The lowest BCUT2D eigenvalue weighted by molar-refractivity contribution is -0.134. The third kappa shape index (κ3) is 4.64. The van der Waals surface area contributed by atoms with Gasteiger partial charge >= 0.3 is 6.03 Å². The average Bonchev–Trinajstić information content (AvgIpc) is 2.64. The predicted octanol–water partition coefficient (Wildman–Crippen LogP) is 3.29. The zero-order chi connectivity index (χ0) is 23.0. The summed E-state index contributed by atoms with van der Waals surface area (Å²) < 4.78 is 42.6. The molecule has 2 saturated heterocycles. The predicted molar refractivity (Wildman–Crippen MR) is 111 cm³/mol. The van der Waals surface area contributed by atoms with Gasteiger partial charge in [0.15, 0.2) is 0 Å². The topological polar surface area (TPSA) is 90.5 Å². The number of piperidine rings is 1. The molecule has 7 nitrogen and oxygen atoms in total. The van der Waals surface area contributed by atoms with Crippen LogP contribution in [0, 0.1) is 17.5 Å². The Hall–Kier alpha value is -3.27. The third-order valence-electron chi connectivity index (χ3n) is 5.35. The van der Waals surface area contributed by atoms with E-state index in [-0.39, 0.29) is 40.8 Å². The van der Waals surface area contributed by atoms with Crippen LogP contribution in [0.2, 0.25) is 5.02 Å². The Kier molecular flexibility index (Phi) is 5.96. The van der Waals surface area contributed by atoms with Crippen LogP contribution in [0.1, 0.15) is 24.3 Å². The summed E-state index contributed by atoms with van der Waals surface area (Å²) in [6, 6.07) is 5.03. The number of rotatable bonds is 4. The van der Waals surface area contributed by atoms with E-state index in [9.17, 15) is 27.6 Å². The second-order valence-corrected chi connectivity index (χ2v) is 8.12. The highest BCUT2D eigenvalue weighted by Crippen LogP contribution is 2.33. The minimum absolute atomic E-state index is 0.0143. The minimum atomic E-state index is -1.06. The normalized spacial score (nSPS) is 18.8. The maximum Gasteiger partial charge on any atom is 0.319 e.